The van der Waals surface area contributed by atoms with Gasteiger partial charge in [0.1, 0.15) is 5.82 Å². The Balaban J connectivity index is 2.74. The van der Waals surface area contributed by atoms with Gasteiger partial charge >= 0.3 is 0 Å². The van der Waals surface area contributed by atoms with Gasteiger partial charge in [-0.3, -0.25) is 0 Å². The molecule has 0 atom stereocenters. The molecule has 4 heteroatoms. The molecule has 3 nitrogen and oxygen atoms in total. The van der Waals surface area contributed by atoms with E-state index in [1.807, 2.05) is 12.1 Å². The van der Waals surface area contributed by atoms with E-state index in [1.54, 1.807) is 18.0 Å². The molecule has 1 heterocycles. The first-order valence-corrected chi connectivity index (χ1v) is 4.66. The molecular weight excluding hydrogens is 158 g/mol. The summed E-state index contributed by atoms with van der Waals surface area (Å²) in [7, 11) is 0. The number of pyridine rings is 1. The normalized spacial score (nSPS) is 9.64. The summed E-state index contributed by atoms with van der Waals surface area (Å²) in [6.07, 6.45) is 3.82. The van der Waals surface area contributed by atoms with Crippen LogP contribution in [0.2, 0.25) is 0 Å². The average Bonchev–Trinajstić information content (AvgIpc) is 2.06. The highest BCUT2D eigenvalue weighted by Gasteiger charge is 1.93. The van der Waals surface area contributed by atoms with Gasteiger partial charge in [-0.05, 0) is 24.0 Å². The first-order chi connectivity index (χ1) is 5.36. The van der Waals surface area contributed by atoms with E-state index in [0.717, 1.165) is 11.6 Å². The molecule has 0 aromatic carbocycles. The van der Waals surface area contributed by atoms with Crippen molar-refractivity contribution in [1.29, 1.82) is 0 Å². The molecular formula is C7H11N3S. The minimum Gasteiger partial charge on any atom is -0.308 e. The second-order valence-corrected chi connectivity index (χ2v) is 2.99. The van der Waals surface area contributed by atoms with Gasteiger partial charge in [0, 0.05) is 11.9 Å². The molecule has 0 unspecified atom stereocenters. The van der Waals surface area contributed by atoms with Gasteiger partial charge in [-0.1, -0.05) is 0 Å². The third-order valence-corrected chi connectivity index (χ3v) is 1.91. The minimum absolute atomic E-state index is 0.719. The third kappa shape index (κ3) is 2.40. The maximum atomic E-state index is 5.20. The molecule has 1 rings (SSSR count). The number of nitrogens with one attached hydrogen (secondary N) is 1. The molecule has 11 heavy (non-hydrogen) atoms. The van der Waals surface area contributed by atoms with Crippen LogP contribution < -0.4 is 11.3 Å². The summed E-state index contributed by atoms with van der Waals surface area (Å²) in [6.45, 7) is 0. The number of thioether (sulfide) groups is 1. The number of hydrazine groups is 1. The Hall–Kier alpha value is -0.740. The Kier molecular flexibility index (Phi) is 3.19. The number of hydrogen-bond acceptors (Lipinski definition) is 4. The number of rotatable bonds is 3. The maximum Gasteiger partial charge on any atom is 0.140 e. The molecule has 3 N–H and O–H groups in total. The molecule has 1 aromatic rings. The number of hydrogen-bond donors (Lipinski definition) is 2. The van der Waals surface area contributed by atoms with E-state index in [-0.39, 0.29) is 0 Å². The highest BCUT2D eigenvalue weighted by atomic mass is 32.2. The van der Waals surface area contributed by atoms with Gasteiger partial charge < -0.3 is 5.43 Å². The predicted molar refractivity (Wildman–Crippen MR) is 49.3 cm³/mol. The highest BCUT2D eigenvalue weighted by molar-refractivity contribution is 7.97. The summed E-state index contributed by atoms with van der Waals surface area (Å²) in [6, 6.07) is 3.92. The quantitative estimate of drug-likeness (QED) is 0.528. The van der Waals surface area contributed by atoms with Crippen molar-refractivity contribution in [3.8, 4) is 0 Å². The summed E-state index contributed by atoms with van der Waals surface area (Å²) < 4.78 is 0. The van der Waals surface area contributed by atoms with Crippen molar-refractivity contribution in [2.24, 2.45) is 5.84 Å². The molecule has 0 saturated heterocycles. The monoisotopic (exact) mass is 169 g/mol. The lowest BCUT2D eigenvalue weighted by atomic mass is 10.3. The van der Waals surface area contributed by atoms with E-state index in [4.69, 9.17) is 5.84 Å². The van der Waals surface area contributed by atoms with Crippen LogP contribution in [0.1, 0.15) is 5.56 Å². The third-order valence-electron chi connectivity index (χ3n) is 1.28. The molecule has 0 spiro atoms. The maximum absolute atomic E-state index is 5.20. The number of anilines is 1. The van der Waals surface area contributed by atoms with Crippen LogP contribution in [0, 0.1) is 0 Å². The average molecular weight is 169 g/mol. The van der Waals surface area contributed by atoms with Crippen LogP contribution >= 0.6 is 11.8 Å². The molecule has 1 aromatic heterocycles. The van der Waals surface area contributed by atoms with Gasteiger partial charge in [0.25, 0.3) is 0 Å². The zero-order chi connectivity index (χ0) is 8.10. The number of aromatic nitrogens is 1. The highest BCUT2D eigenvalue weighted by Crippen LogP contribution is 2.10. The fraction of sp³-hybridized carbons (Fsp3) is 0.286. The van der Waals surface area contributed by atoms with E-state index >= 15 is 0 Å². The van der Waals surface area contributed by atoms with Gasteiger partial charge in [-0.25, -0.2) is 10.8 Å². The van der Waals surface area contributed by atoms with E-state index < -0.39 is 0 Å². The van der Waals surface area contributed by atoms with Crippen molar-refractivity contribution in [1.82, 2.24) is 4.98 Å². The smallest absolute Gasteiger partial charge is 0.140 e. The molecule has 0 aliphatic heterocycles. The minimum atomic E-state index is 0.719. The fourth-order valence-corrected chi connectivity index (χ4v) is 1.32. The number of nitrogens with zero attached hydrogens (tertiary/aromatic N) is 1. The van der Waals surface area contributed by atoms with E-state index in [0.29, 0.717) is 0 Å². The second-order valence-electron chi connectivity index (χ2n) is 2.13. The fourth-order valence-electron chi connectivity index (χ4n) is 0.810. The lowest BCUT2D eigenvalue weighted by molar-refractivity contribution is 1.20. The van der Waals surface area contributed by atoms with Gasteiger partial charge in [-0.2, -0.15) is 11.8 Å². The summed E-state index contributed by atoms with van der Waals surface area (Å²) in [5.41, 5.74) is 3.74. The van der Waals surface area contributed by atoms with E-state index in [2.05, 4.69) is 16.7 Å². The topological polar surface area (TPSA) is 50.9 Å². The van der Waals surface area contributed by atoms with Crippen molar-refractivity contribution < 1.29 is 0 Å². The molecule has 0 saturated carbocycles. The number of nitrogens with two attached hydrogens (primary N) is 1. The summed E-state index contributed by atoms with van der Waals surface area (Å²) in [5.74, 6) is 6.91. The predicted octanol–water partition coefficient (Wildman–Crippen LogP) is 1.23. The van der Waals surface area contributed by atoms with Gasteiger partial charge in [0.2, 0.25) is 0 Å². The molecule has 0 amide bonds. The SMILES string of the molecule is CSCc1ccnc(NN)c1. The molecule has 60 valence electrons. The van der Waals surface area contributed by atoms with Crippen LogP contribution in [0.5, 0.6) is 0 Å². The molecule has 0 fully saturated rings. The lowest BCUT2D eigenvalue weighted by Gasteiger charge is -2.00. The Morgan fingerprint density at radius 1 is 1.73 bits per heavy atom. The molecule has 0 radical (unpaired) electrons. The summed E-state index contributed by atoms with van der Waals surface area (Å²) >= 11 is 1.78. The van der Waals surface area contributed by atoms with Crippen LogP contribution in [0.4, 0.5) is 5.82 Å². The largest absolute Gasteiger partial charge is 0.308 e. The van der Waals surface area contributed by atoms with Crippen LogP contribution in [-0.4, -0.2) is 11.2 Å². The Labute approximate surface area is 70.4 Å². The first-order valence-electron chi connectivity index (χ1n) is 3.27. The zero-order valence-corrected chi connectivity index (χ0v) is 7.19. The molecule has 0 bridgehead atoms. The van der Waals surface area contributed by atoms with Crippen molar-refractivity contribution in [3.63, 3.8) is 0 Å². The summed E-state index contributed by atoms with van der Waals surface area (Å²) in [4.78, 5) is 3.99. The van der Waals surface area contributed by atoms with Crippen molar-refractivity contribution in [2.45, 2.75) is 5.75 Å². The van der Waals surface area contributed by atoms with Crippen LogP contribution in [0.3, 0.4) is 0 Å². The van der Waals surface area contributed by atoms with Crippen molar-refractivity contribution in [2.75, 3.05) is 11.7 Å². The molecule has 0 aliphatic rings. The van der Waals surface area contributed by atoms with Gasteiger partial charge in [-0.15, -0.1) is 0 Å². The van der Waals surface area contributed by atoms with Crippen LogP contribution in [0.25, 0.3) is 0 Å². The summed E-state index contributed by atoms with van der Waals surface area (Å²) in [5, 5.41) is 0. The Morgan fingerprint density at radius 2 is 2.55 bits per heavy atom. The Bertz CT molecular complexity index is 227. The number of nitrogen functional groups attached to an aromatic ring is 1. The van der Waals surface area contributed by atoms with Crippen LogP contribution in [0.15, 0.2) is 18.3 Å². The Morgan fingerprint density at radius 3 is 3.18 bits per heavy atom. The van der Waals surface area contributed by atoms with Crippen molar-refractivity contribution in [3.05, 3.63) is 23.9 Å². The van der Waals surface area contributed by atoms with Gasteiger partial charge in [0.15, 0.2) is 0 Å². The van der Waals surface area contributed by atoms with E-state index in [1.165, 1.54) is 5.56 Å². The standard InChI is InChI=1S/C7H11N3S/c1-11-5-6-2-3-9-7(4-6)10-8/h2-4H,5,8H2,1H3,(H,9,10). The zero-order valence-electron chi connectivity index (χ0n) is 6.37. The van der Waals surface area contributed by atoms with Crippen molar-refractivity contribution >= 4 is 17.6 Å². The second kappa shape index (κ2) is 4.20. The first kappa shape index (κ1) is 8.36. The molecule has 0 aliphatic carbocycles. The lowest BCUT2D eigenvalue weighted by Crippen LogP contribution is -2.08. The van der Waals surface area contributed by atoms with Crippen LogP contribution in [-0.2, 0) is 5.75 Å². The van der Waals surface area contributed by atoms with E-state index in [9.17, 15) is 0 Å². The van der Waals surface area contributed by atoms with Gasteiger partial charge in [0.05, 0.1) is 0 Å².